The lowest BCUT2D eigenvalue weighted by molar-refractivity contribution is 0.284. The number of nitrogens with zero attached hydrogens (tertiary/aromatic N) is 6. The maximum Gasteiger partial charge on any atom is 0.439 e. The summed E-state index contributed by atoms with van der Waals surface area (Å²) in [4.78, 5) is 30.4. The van der Waals surface area contributed by atoms with Crippen LogP contribution in [0.2, 0.25) is 0 Å². The van der Waals surface area contributed by atoms with Crippen LogP contribution in [0.4, 0.5) is 11.8 Å². The van der Waals surface area contributed by atoms with E-state index in [9.17, 15) is 9.90 Å². The van der Waals surface area contributed by atoms with E-state index in [1.807, 2.05) is 11.9 Å². The Balaban J connectivity index is 1.60. The van der Waals surface area contributed by atoms with Gasteiger partial charge in [-0.15, -0.1) is 12.3 Å². The number of likely N-dealkylation sites (N-methyl/N-ethyl adjacent to an activating group) is 1. The molecule has 2 saturated carbocycles. The van der Waals surface area contributed by atoms with E-state index in [0.29, 0.717) is 35.8 Å². The number of aromatic nitrogens is 6. The number of hydrogen-bond donors (Lipinski definition) is 3. The third kappa shape index (κ3) is 4.82. The summed E-state index contributed by atoms with van der Waals surface area (Å²) in [6.07, 6.45) is 13.5. The van der Waals surface area contributed by atoms with E-state index < -0.39 is 5.76 Å². The third-order valence-electron chi connectivity index (χ3n) is 7.76. The molecule has 0 aromatic carbocycles. The highest BCUT2D eigenvalue weighted by molar-refractivity contribution is 5.87. The van der Waals surface area contributed by atoms with Gasteiger partial charge < -0.3 is 19.9 Å². The second kappa shape index (κ2) is 10.3. The average molecular weight is 495 g/mol. The van der Waals surface area contributed by atoms with Crippen molar-refractivity contribution in [1.82, 2.24) is 29.7 Å². The number of fused-ring (bicyclic) bond motifs is 1. The fraction of sp³-hybridized carbons (Fsp3) is 0.640. The highest BCUT2D eigenvalue weighted by Gasteiger charge is 2.29. The smallest absolute Gasteiger partial charge is 0.395 e. The monoisotopic (exact) mass is 494 g/mol. The highest BCUT2D eigenvalue weighted by atomic mass is 16.5. The molecule has 0 spiro atoms. The van der Waals surface area contributed by atoms with Crippen molar-refractivity contribution in [3.05, 3.63) is 10.6 Å². The minimum atomic E-state index is -0.664. The summed E-state index contributed by atoms with van der Waals surface area (Å²) in [7, 11) is 1.91. The molecule has 5 rings (SSSR count). The fourth-order valence-electron chi connectivity index (χ4n) is 5.31. The van der Waals surface area contributed by atoms with Crippen LogP contribution in [-0.2, 0) is 6.54 Å². The van der Waals surface area contributed by atoms with Crippen molar-refractivity contribution in [3.63, 3.8) is 0 Å². The number of imidazole rings is 1. The summed E-state index contributed by atoms with van der Waals surface area (Å²) in [5, 5.41) is 17.0. The Bertz CT molecular complexity index is 1290. The second-order valence-electron chi connectivity index (χ2n) is 10.2. The third-order valence-corrected chi connectivity index (χ3v) is 7.76. The summed E-state index contributed by atoms with van der Waals surface area (Å²) in [6.45, 7) is 3.38. The van der Waals surface area contributed by atoms with E-state index in [0.717, 1.165) is 43.7 Å². The molecule has 11 nitrogen and oxygen atoms in total. The molecule has 3 N–H and O–H groups in total. The van der Waals surface area contributed by atoms with Crippen LogP contribution in [0.15, 0.2) is 9.32 Å². The van der Waals surface area contributed by atoms with E-state index in [2.05, 4.69) is 37.9 Å². The van der Waals surface area contributed by atoms with Gasteiger partial charge in [-0.25, -0.2) is 14.8 Å². The Hall–Kier alpha value is -3.39. The molecule has 2 aliphatic rings. The molecule has 1 atom stereocenters. The zero-order valence-corrected chi connectivity index (χ0v) is 20.9. The molecule has 3 aromatic heterocycles. The van der Waals surface area contributed by atoms with Crippen LogP contribution in [0, 0.1) is 30.1 Å². The standard InChI is InChI=1S/C25H34N8O3/c1-4-16-8-10-17(11-9-16)14-33-19-20(26-15(2)18-6-5-7-18)27-22(23-30-25(35)36-31-23)28-21(19)29-24(33)32(3)12-13-34/h1,15-18,34H,5-14H2,2-3H3,(H,26,27,28)(H,30,31,35). The number of aromatic amines is 1. The second-order valence-corrected chi connectivity index (χ2v) is 10.2. The van der Waals surface area contributed by atoms with Crippen LogP contribution < -0.4 is 16.0 Å². The van der Waals surface area contributed by atoms with Gasteiger partial charge in [0.15, 0.2) is 11.5 Å². The van der Waals surface area contributed by atoms with E-state index in [4.69, 9.17) is 20.9 Å². The summed E-state index contributed by atoms with van der Waals surface area (Å²) >= 11 is 0. The van der Waals surface area contributed by atoms with Crippen LogP contribution >= 0.6 is 0 Å². The van der Waals surface area contributed by atoms with Crippen molar-refractivity contribution in [2.75, 3.05) is 30.4 Å². The number of terminal acetylenes is 1. The van der Waals surface area contributed by atoms with Crippen molar-refractivity contribution in [3.8, 4) is 24.0 Å². The molecule has 192 valence electrons. The Morgan fingerprint density at radius 3 is 2.64 bits per heavy atom. The van der Waals surface area contributed by atoms with Gasteiger partial charge in [0, 0.05) is 32.1 Å². The van der Waals surface area contributed by atoms with Crippen molar-refractivity contribution in [2.45, 2.75) is 64.5 Å². The molecule has 0 saturated heterocycles. The minimum absolute atomic E-state index is 0.00785. The predicted molar refractivity (Wildman–Crippen MR) is 137 cm³/mol. The fourth-order valence-corrected chi connectivity index (χ4v) is 5.31. The van der Waals surface area contributed by atoms with Gasteiger partial charge in [-0.1, -0.05) is 11.6 Å². The maximum atomic E-state index is 11.6. The molecule has 2 aliphatic carbocycles. The van der Waals surface area contributed by atoms with Crippen LogP contribution in [0.25, 0.3) is 22.8 Å². The number of hydrogen-bond acceptors (Lipinski definition) is 9. The van der Waals surface area contributed by atoms with Gasteiger partial charge in [0.2, 0.25) is 17.6 Å². The quantitative estimate of drug-likeness (QED) is 0.383. The lowest BCUT2D eigenvalue weighted by Crippen LogP contribution is -2.31. The zero-order chi connectivity index (χ0) is 25.2. The van der Waals surface area contributed by atoms with Gasteiger partial charge in [0.05, 0.1) is 6.61 Å². The number of nitrogens with one attached hydrogen (secondary N) is 2. The van der Waals surface area contributed by atoms with Crippen molar-refractivity contribution in [2.24, 2.45) is 17.8 Å². The van der Waals surface area contributed by atoms with Crippen LogP contribution in [0.1, 0.15) is 51.9 Å². The summed E-state index contributed by atoms with van der Waals surface area (Å²) < 4.78 is 6.87. The Labute approximate surface area is 209 Å². The molecule has 36 heavy (non-hydrogen) atoms. The molecule has 0 bridgehead atoms. The van der Waals surface area contributed by atoms with E-state index in [-0.39, 0.29) is 24.3 Å². The topological polar surface area (TPSA) is 138 Å². The molecule has 0 aliphatic heterocycles. The molecule has 3 aromatic rings. The lowest BCUT2D eigenvalue weighted by Gasteiger charge is -2.32. The van der Waals surface area contributed by atoms with Gasteiger partial charge in [0.25, 0.3) is 0 Å². The van der Waals surface area contributed by atoms with Crippen molar-refractivity contribution >= 4 is 22.9 Å². The number of aliphatic hydroxyl groups is 1. The molecule has 1 unspecified atom stereocenters. The first-order valence-electron chi connectivity index (χ1n) is 12.9. The Morgan fingerprint density at radius 2 is 2.03 bits per heavy atom. The molecule has 11 heteroatoms. The van der Waals surface area contributed by atoms with Gasteiger partial charge in [-0.2, -0.15) is 4.98 Å². The van der Waals surface area contributed by atoms with E-state index in [1.165, 1.54) is 19.3 Å². The number of H-pyrrole nitrogens is 1. The first kappa shape index (κ1) is 24.3. The van der Waals surface area contributed by atoms with Gasteiger partial charge >= 0.3 is 5.76 Å². The van der Waals surface area contributed by atoms with Gasteiger partial charge in [0.1, 0.15) is 5.52 Å². The SMILES string of the molecule is C#CC1CCC(Cn2c(N(C)CCO)nc3nc(-c4noc(=O)[nH]4)nc(NC(C)C4CCC4)c32)CC1. The molecular formula is C25H34N8O3. The molecule has 2 fully saturated rings. The van der Waals surface area contributed by atoms with Crippen molar-refractivity contribution in [1.29, 1.82) is 0 Å². The van der Waals surface area contributed by atoms with Gasteiger partial charge in [-0.05, 0) is 57.3 Å². The first-order valence-corrected chi connectivity index (χ1v) is 12.9. The molecule has 0 radical (unpaired) electrons. The molecular weight excluding hydrogens is 460 g/mol. The maximum absolute atomic E-state index is 11.6. The first-order chi connectivity index (χ1) is 17.5. The normalized spacial score (nSPS) is 21.2. The van der Waals surface area contributed by atoms with Crippen LogP contribution in [-0.4, -0.2) is 61.0 Å². The molecule has 0 amide bonds. The van der Waals surface area contributed by atoms with Crippen LogP contribution in [0.3, 0.4) is 0 Å². The summed E-state index contributed by atoms with van der Waals surface area (Å²) in [6, 6.07) is 0.217. The van der Waals surface area contributed by atoms with E-state index >= 15 is 0 Å². The number of rotatable bonds is 9. The lowest BCUT2D eigenvalue weighted by atomic mass is 9.80. The summed E-state index contributed by atoms with van der Waals surface area (Å²) in [5.74, 6) is 5.42. The zero-order valence-electron chi connectivity index (χ0n) is 20.9. The largest absolute Gasteiger partial charge is 0.439 e. The number of anilines is 2. The van der Waals surface area contributed by atoms with Gasteiger partial charge in [-0.3, -0.25) is 9.51 Å². The Morgan fingerprint density at radius 1 is 1.25 bits per heavy atom. The number of aliphatic hydroxyl groups excluding tert-OH is 1. The average Bonchev–Trinajstić information content (AvgIpc) is 3.42. The van der Waals surface area contributed by atoms with E-state index in [1.54, 1.807) is 0 Å². The highest BCUT2D eigenvalue weighted by Crippen LogP contribution is 2.36. The molecule has 3 heterocycles. The summed E-state index contributed by atoms with van der Waals surface area (Å²) in [5.41, 5.74) is 1.32. The van der Waals surface area contributed by atoms with Crippen molar-refractivity contribution < 1.29 is 9.63 Å². The minimum Gasteiger partial charge on any atom is -0.395 e. The Kier molecular flexibility index (Phi) is 6.96. The van der Waals surface area contributed by atoms with Crippen LogP contribution in [0.5, 0.6) is 0 Å². The predicted octanol–water partition coefficient (Wildman–Crippen LogP) is 2.64.